The highest BCUT2D eigenvalue weighted by molar-refractivity contribution is 6.51. The molecule has 0 atom stereocenters. The Balaban J connectivity index is 2.75. The summed E-state index contributed by atoms with van der Waals surface area (Å²) in [6.07, 6.45) is 0. The fourth-order valence-corrected chi connectivity index (χ4v) is 3.21. The molecular weight excluding hydrogens is 324 g/mol. The number of hydrogen-bond acceptors (Lipinski definition) is 4. The maximum Gasteiger partial charge on any atom is 0.235 e. The first kappa shape index (κ1) is 19.7. The van der Waals surface area contributed by atoms with Crippen LogP contribution in [0.5, 0.6) is 0 Å². The maximum absolute atomic E-state index is 13.2. The Morgan fingerprint density at radius 1 is 0.731 bits per heavy atom. The summed E-state index contributed by atoms with van der Waals surface area (Å²) in [6, 6.07) is 10.3. The first-order valence-electron chi connectivity index (χ1n) is 8.72. The van der Waals surface area contributed by atoms with Gasteiger partial charge in [0.25, 0.3) is 0 Å². The summed E-state index contributed by atoms with van der Waals surface area (Å²) in [5, 5.41) is 0. The summed E-state index contributed by atoms with van der Waals surface area (Å²) in [5.41, 5.74) is 14.5. The summed E-state index contributed by atoms with van der Waals surface area (Å²) in [6.45, 7) is 12.3. The van der Waals surface area contributed by atoms with Gasteiger partial charge in [-0.2, -0.15) is 0 Å². The lowest BCUT2D eigenvalue weighted by molar-refractivity contribution is 0.0816. The van der Waals surface area contributed by atoms with Gasteiger partial charge in [0, 0.05) is 16.9 Å². The quantitative estimate of drug-likeness (QED) is 0.483. The first-order valence-corrected chi connectivity index (χ1v) is 8.72. The fraction of sp³-hybridized carbons (Fsp3) is 0.364. The van der Waals surface area contributed by atoms with Crippen LogP contribution in [0.1, 0.15) is 73.4 Å². The number of hydrogen-bond donors (Lipinski definition) is 2. The second-order valence-electron chi connectivity index (χ2n) is 8.70. The molecule has 4 nitrogen and oxygen atoms in total. The number of ketones is 2. The highest BCUT2D eigenvalue weighted by Crippen LogP contribution is 2.39. The molecule has 0 unspecified atom stereocenters. The Bertz CT molecular complexity index is 869. The van der Waals surface area contributed by atoms with Crippen LogP contribution in [0.2, 0.25) is 0 Å². The van der Waals surface area contributed by atoms with Gasteiger partial charge in [0.2, 0.25) is 11.6 Å². The highest BCUT2D eigenvalue weighted by Gasteiger charge is 2.33. The lowest BCUT2D eigenvalue weighted by Crippen LogP contribution is -2.28. The minimum atomic E-state index is -0.633. The largest absolute Gasteiger partial charge is 0.398 e. The summed E-state index contributed by atoms with van der Waals surface area (Å²) in [4.78, 5) is 26.1. The predicted molar refractivity (Wildman–Crippen MR) is 108 cm³/mol. The van der Waals surface area contributed by atoms with Crippen molar-refractivity contribution in [3.63, 3.8) is 0 Å². The van der Waals surface area contributed by atoms with Gasteiger partial charge in [-0.25, -0.2) is 0 Å². The van der Waals surface area contributed by atoms with Crippen LogP contribution in [0.4, 0.5) is 11.4 Å². The second-order valence-corrected chi connectivity index (χ2v) is 8.70. The smallest absolute Gasteiger partial charge is 0.235 e. The van der Waals surface area contributed by atoms with Crippen molar-refractivity contribution in [2.75, 3.05) is 11.5 Å². The Hall–Kier alpha value is -2.62. The zero-order valence-electron chi connectivity index (χ0n) is 16.4. The normalized spacial score (nSPS) is 12.1. The fourth-order valence-electron chi connectivity index (χ4n) is 3.21. The van der Waals surface area contributed by atoms with Crippen LogP contribution in [-0.4, -0.2) is 11.6 Å². The van der Waals surface area contributed by atoms with E-state index in [1.807, 2.05) is 26.8 Å². The third-order valence-corrected chi connectivity index (χ3v) is 4.43. The van der Waals surface area contributed by atoms with E-state index in [9.17, 15) is 9.59 Å². The van der Waals surface area contributed by atoms with Crippen molar-refractivity contribution in [3.8, 4) is 0 Å². The third-order valence-electron chi connectivity index (χ3n) is 4.43. The molecule has 0 aliphatic rings. The van der Waals surface area contributed by atoms with E-state index in [0.29, 0.717) is 5.69 Å². The number of nitrogens with two attached hydrogens (primary N) is 2. The monoisotopic (exact) mass is 352 g/mol. The number of benzene rings is 2. The lowest BCUT2D eigenvalue weighted by Gasteiger charge is -2.32. The predicted octanol–water partition coefficient (Wildman–Crippen LogP) is 4.51. The summed E-state index contributed by atoms with van der Waals surface area (Å²) in [5.74, 6) is -1.25. The molecule has 2 rings (SSSR count). The zero-order chi connectivity index (χ0) is 19.9. The molecule has 4 heteroatoms. The van der Waals surface area contributed by atoms with Gasteiger partial charge in [0.05, 0.1) is 5.56 Å². The van der Waals surface area contributed by atoms with Gasteiger partial charge < -0.3 is 11.5 Å². The van der Waals surface area contributed by atoms with Crippen molar-refractivity contribution >= 4 is 22.9 Å². The van der Waals surface area contributed by atoms with E-state index in [2.05, 4.69) is 20.8 Å². The molecule has 0 aliphatic carbocycles. The minimum Gasteiger partial charge on any atom is -0.398 e. The number of carbonyl (C=O) groups is 2. The molecular formula is C22H28N2O2. The van der Waals surface area contributed by atoms with Crippen LogP contribution in [0, 0.1) is 0 Å². The molecule has 0 saturated carbocycles. The van der Waals surface area contributed by atoms with Gasteiger partial charge in [-0.3, -0.25) is 9.59 Å². The molecule has 26 heavy (non-hydrogen) atoms. The molecule has 138 valence electrons. The molecule has 2 aromatic carbocycles. The number of rotatable bonds is 3. The number of para-hydroxylation sites is 1. The van der Waals surface area contributed by atoms with E-state index in [-0.39, 0.29) is 27.6 Å². The Morgan fingerprint density at radius 3 is 1.81 bits per heavy atom. The van der Waals surface area contributed by atoms with Crippen molar-refractivity contribution in [3.05, 3.63) is 58.7 Å². The first-order chi connectivity index (χ1) is 11.9. The van der Waals surface area contributed by atoms with Gasteiger partial charge in [0.1, 0.15) is 0 Å². The number of carbonyl (C=O) groups excluding carboxylic acids is 2. The maximum atomic E-state index is 13.2. The van der Waals surface area contributed by atoms with E-state index in [4.69, 9.17) is 11.5 Å². The zero-order valence-corrected chi connectivity index (χ0v) is 16.4. The minimum absolute atomic E-state index is 0.194. The molecule has 2 aromatic rings. The molecule has 0 saturated heterocycles. The molecule has 0 amide bonds. The number of anilines is 2. The van der Waals surface area contributed by atoms with Crippen LogP contribution in [0.25, 0.3) is 0 Å². The van der Waals surface area contributed by atoms with Gasteiger partial charge in [-0.15, -0.1) is 0 Å². The topological polar surface area (TPSA) is 86.2 Å². The SMILES string of the molecule is CC(C)(C)c1ccc(N)c(C(=O)C(=O)c2ccccc2N)c1C(C)(C)C. The van der Waals surface area contributed by atoms with Crippen LogP contribution < -0.4 is 11.5 Å². The Kier molecular flexibility index (Phi) is 5.00. The summed E-state index contributed by atoms with van der Waals surface area (Å²) in [7, 11) is 0. The Morgan fingerprint density at radius 2 is 1.31 bits per heavy atom. The van der Waals surface area contributed by atoms with Crippen molar-refractivity contribution in [2.45, 2.75) is 52.4 Å². The average Bonchev–Trinajstić information content (AvgIpc) is 2.51. The van der Waals surface area contributed by atoms with Gasteiger partial charge >= 0.3 is 0 Å². The lowest BCUT2D eigenvalue weighted by atomic mass is 9.72. The average molecular weight is 352 g/mol. The van der Waals surface area contributed by atoms with Crippen molar-refractivity contribution in [1.82, 2.24) is 0 Å². The van der Waals surface area contributed by atoms with Gasteiger partial charge in [0.15, 0.2) is 0 Å². The highest BCUT2D eigenvalue weighted by atomic mass is 16.2. The summed E-state index contributed by atoms with van der Waals surface area (Å²) < 4.78 is 0. The molecule has 0 fully saturated rings. The van der Waals surface area contributed by atoms with E-state index in [0.717, 1.165) is 11.1 Å². The third kappa shape index (κ3) is 3.64. The molecule has 0 spiro atoms. The van der Waals surface area contributed by atoms with Crippen molar-refractivity contribution in [2.24, 2.45) is 0 Å². The molecule has 0 heterocycles. The van der Waals surface area contributed by atoms with Gasteiger partial charge in [-0.05, 0) is 40.2 Å². The van der Waals surface area contributed by atoms with E-state index in [1.54, 1.807) is 30.3 Å². The molecule has 0 aliphatic heterocycles. The Labute approximate surface area is 155 Å². The van der Waals surface area contributed by atoms with Crippen LogP contribution in [0.15, 0.2) is 36.4 Å². The number of nitrogen functional groups attached to an aromatic ring is 2. The van der Waals surface area contributed by atoms with E-state index >= 15 is 0 Å². The molecule has 0 aromatic heterocycles. The standard InChI is InChI=1S/C22H28N2O2/c1-21(2,3)14-11-12-16(24)17(18(14)22(4,5)6)20(26)19(25)13-9-7-8-10-15(13)23/h7-12H,23-24H2,1-6H3. The van der Waals surface area contributed by atoms with Crippen molar-refractivity contribution in [1.29, 1.82) is 0 Å². The molecule has 4 N–H and O–H groups in total. The van der Waals surface area contributed by atoms with Crippen molar-refractivity contribution < 1.29 is 9.59 Å². The van der Waals surface area contributed by atoms with Crippen LogP contribution in [0.3, 0.4) is 0 Å². The van der Waals surface area contributed by atoms with Crippen LogP contribution >= 0.6 is 0 Å². The van der Waals surface area contributed by atoms with Gasteiger partial charge in [-0.1, -0.05) is 59.7 Å². The van der Waals surface area contributed by atoms with E-state index in [1.165, 1.54) is 0 Å². The second kappa shape index (κ2) is 6.60. The van der Waals surface area contributed by atoms with E-state index < -0.39 is 11.6 Å². The molecule has 0 radical (unpaired) electrons. The number of Topliss-reactive ketones (excluding diaryl/α,β-unsaturated/α-hetero) is 2. The molecule has 0 bridgehead atoms. The van der Waals surface area contributed by atoms with Crippen LogP contribution in [-0.2, 0) is 10.8 Å². The summed E-state index contributed by atoms with van der Waals surface area (Å²) >= 11 is 0.